The average molecular weight is 235 g/mol. The van der Waals surface area contributed by atoms with E-state index in [1.165, 1.54) is 12.1 Å². The smallest absolute Gasteiger partial charge is 0.293 e. The van der Waals surface area contributed by atoms with Crippen molar-refractivity contribution in [2.75, 3.05) is 5.32 Å². The van der Waals surface area contributed by atoms with E-state index in [1.54, 1.807) is 13.0 Å². The molecule has 0 spiro atoms. The number of hydrogen-bond donors (Lipinski definition) is 2. The molecule has 1 atom stereocenters. The first kappa shape index (κ1) is 12.7. The Bertz CT molecular complexity index is 471. The van der Waals surface area contributed by atoms with E-state index in [2.05, 4.69) is 11.9 Å². The van der Waals surface area contributed by atoms with Crippen molar-refractivity contribution in [1.82, 2.24) is 0 Å². The maximum Gasteiger partial charge on any atom is 0.293 e. The van der Waals surface area contributed by atoms with Gasteiger partial charge in [0.25, 0.3) is 5.69 Å². The highest BCUT2D eigenvalue weighted by molar-refractivity contribution is 5.94. The summed E-state index contributed by atoms with van der Waals surface area (Å²) in [6.07, 6.45) is 1.62. The Morgan fingerprint density at radius 1 is 1.65 bits per heavy atom. The van der Waals surface area contributed by atoms with Crippen LogP contribution in [0.4, 0.5) is 11.4 Å². The second-order valence-corrected chi connectivity index (χ2v) is 3.52. The van der Waals surface area contributed by atoms with Crippen molar-refractivity contribution in [3.8, 4) is 0 Å². The second kappa shape index (κ2) is 5.11. The highest BCUT2D eigenvalue weighted by atomic mass is 16.6. The van der Waals surface area contributed by atoms with Gasteiger partial charge in [0.05, 0.1) is 4.92 Å². The molecule has 0 aliphatic heterocycles. The van der Waals surface area contributed by atoms with E-state index in [0.29, 0.717) is 5.69 Å². The molecule has 90 valence electrons. The largest absolute Gasteiger partial charge is 0.374 e. The van der Waals surface area contributed by atoms with Gasteiger partial charge in [-0.1, -0.05) is 6.08 Å². The van der Waals surface area contributed by atoms with Gasteiger partial charge in [0.1, 0.15) is 5.69 Å². The number of nitrogens with two attached hydrogens (primary N) is 1. The molecule has 0 aliphatic rings. The average Bonchev–Trinajstić information content (AvgIpc) is 2.28. The summed E-state index contributed by atoms with van der Waals surface area (Å²) < 4.78 is 0. The zero-order chi connectivity index (χ0) is 13.0. The number of hydrogen-bond acceptors (Lipinski definition) is 4. The Morgan fingerprint density at radius 3 is 2.76 bits per heavy atom. The minimum atomic E-state index is -0.698. The van der Waals surface area contributed by atoms with E-state index >= 15 is 0 Å². The molecule has 0 bridgehead atoms. The summed E-state index contributed by atoms with van der Waals surface area (Å²) in [4.78, 5) is 21.2. The van der Waals surface area contributed by atoms with Crippen molar-refractivity contribution in [2.45, 2.75) is 13.0 Å². The molecule has 1 amide bonds. The number of nitro benzene ring substituents is 1. The van der Waals surface area contributed by atoms with E-state index in [4.69, 9.17) is 5.73 Å². The van der Waals surface area contributed by atoms with Gasteiger partial charge < -0.3 is 11.1 Å². The predicted molar refractivity (Wildman–Crippen MR) is 64.9 cm³/mol. The number of primary amides is 1. The molecule has 1 unspecified atom stereocenters. The van der Waals surface area contributed by atoms with Crippen LogP contribution in [0.1, 0.15) is 17.3 Å². The lowest BCUT2D eigenvalue weighted by molar-refractivity contribution is -0.384. The molecule has 17 heavy (non-hydrogen) atoms. The summed E-state index contributed by atoms with van der Waals surface area (Å²) in [6, 6.07) is 3.93. The lowest BCUT2D eigenvalue weighted by atomic mass is 10.1. The van der Waals surface area contributed by atoms with Crippen LogP contribution in [0.5, 0.6) is 0 Å². The Balaban J connectivity index is 3.17. The lowest BCUT2D eigenvalue weighted by Gasteiger charge is -2.11. The van der Waals surface area contributed by atoms with E-state index in [9.17, 15) is 14.9 Å². The third-order valence-electron chi connectivity index (χ3n) is 2.22. The van der Waals surface area contributed by atoms with Gasteiger partial charge in [-0.3, -0.25) is 14.9 Å². The third kappa shape index (κ3) is 3.04. The Morgan fingerprint density at radius 2 is 2.29 bits per heavy atom. The summed E-state index contributed by atoms with van der Waals surface area (Å²) >= 11 is 0. The number of benzene rings is 1. The van der Waals surface area contributed by atoms with Gasteiger partial charge in [-0.15, -0.1) is 6.58 Å². The summed E-state index contributed by atoms with van der Waals surface area (Å²) in [7, 11) is 0. The summed E-state index contributed by atoms with van der Waals surface area (Å²) in [5.41, 5.74) is 5.31. The van der Waals surface area contributed by atoms with E-state index < -0.39 is 10.8 Å². The van der Waals surface area contributed by atoms with Crippen molar-refractivity contribution in [3.63, 3.8) is 0 Å². The Hall–Kier alpha value is -2.37. The second-order valence-electron chi connectivity index (χ2n) is 3.52. The number of nitrogens with zero attached hydrogens (tertiary/aromatic N) is 1. The standard InChI is InChI=1S/C11H13N3O3/c1-3-7(2)13-9-5-4-8(11(12)15)6-10(9)14(16)17/h3-7,13H,1H2,2H3,(H2,12,15). The molecule has 0 saturated heterocycles. The summed E-state index contributed by atoms with van der Waals surface area (Å²) in [5.74, 6) is -0.698. The van der Waals surface area contributed by atoms with Crippen LogP contribution in [-0.2, 0) is 0 Å². The topological polar surface area (TPSA) is 98.3 Å². The SMILES string of the molecule is C=CC(C)Nc1ccc(C(N)=O)cc1[N+](=O)[O-]. The number of rotatable bonds is 5. The van der Waals surface area contributed by atoms with Crippen LogP contribution < -0.4 is 11.1 Å². The van der Waals surface area contributed by atoms with Crippen LogP contribution in [-0.4, -0.2) is 16.9 Å². The Kier molecular flexibility index (Phi) is 3.82. The van der Waals surface area contributed by atoms with Gasteiger partial charge in [-0.2, -0.15) is 0 Å². The molecule has 0 heterocycles. The fourth-order valence-corrected chi connectivity index (χ4v) is 1.26. The van der Waals surface area contributed by atoms with Crippen molar-refractivity contribution < 1.29 is 9.72 Å². The van der Waals surface area contributed by atoms with Crippen LogP contribution in [0.15, 0.2) is 30.9 Å². The van der Waals surface area contributed by atoms with Gasteiger partial charge in [0, 0.05) is 17.7 Å². The predicted octanol–water partition coefficient (Wildman–Crippen LogP) is 1.68. The van der Waals surface area contributed by atoms with E-state index in [1.807, 2.05) is 0 Å². The van der Waals surface area contributed by atoms with Crippen LogP contribution in [0, 0.1) is 10.1 Å². The van der Waals surface area contributed by atoms with Gasteiger partial charge in [-0.25, -0.2) is 0 Å². The molecule has 1 aromatic carbocycles. The lowest BCUT2D eigenvalue weighted by Crippen LogP contribution is -2.15. The van der Waals surface area contributed by atoms with Crippen LogP contribution in [0.2, 0.25) is 0 Å². The molecular weight excluding hydrogens is 222 g/mol. The van der Waals surface area contributed by atoms with Crippen molar-refractivity contribution >= 4 is 17.3 Å². The van der Waals surface area contributed by atoms with E-state index in [-0.39, 0.29) is 17.3 Å². The molecule has 0 aliphatic carbocycles. The van der Waals surface area contributed by atoms with Gasteiger partial charge in [0.15, 0.2) is 0 Å². The zero-order valence-corrected chi connectivity index (χ0v) is 9.34. The van der Waals surface area contributed by atoms with Gasteiger partial charge in [0.2, 0.25) is 5.91 Å². The molecule has 1 rings (SSSR count). The van der Waals surface area contributed by atoms with Crippen molar-refractivity contribution in [2.24, 2.45) is 5.73 Å². The minimum Gasteiger partial charge on any atom is -0.374 e. The van der Waals surface area contributed by atoms with Gasteiger partial charge in [-0.05, 0) is 19.1 Å². The minimum absolute atomic E-state index is 0.105. The van der Waals surface area contributed by atoms with Crippen molar-refractivity contribution in [1.29, 1.82) is 0 Å². The molecule has 6 heteroatoms. The molecule has 0 fully saturated rings. The number of nitrogens with one attached hydrogen (secondary N) is 1. The number of nitro groups is 1. The van der Waals surface area contributed by atoms with Crippen LogP contribution in [0.3, 0.4) is 0 Å². The van der Waals surface area contributed by atoms with Crippen molar-refractivity contribution in [3.05, 3.63) is 46.5 Å². The molecule has 0 saturated carbocycles. The molecular formula is C11H13N3O3. The third-order valence-corrected chi connectivity index (χ3v) is 2.22. The number of anilines is 1. The first-order valence-electron chi connectivity index (χ1n) is 4.93. The first-order chi connectivity index (χ1) is 7.95. The molecule has 6 nitrogen and oxygen atoms in total. The molecule has 0 radical (unpaired) electrons. The number of carbonyl (C=O) groups excluding carboxylic acids is 1. The summed E-state index contributed by atoms with van der Waals surface area (Å²) in [6.45, 7) is 5.37. The molecule has 3 N–H and O–H groups in total. The molecule has 1 aromatic rings. The highest BCUT2D eigenvalue weighted by Gasteiger charge is 2.17. The first-order valence-corrected chi connectivity index (χ1v) is 4.93. The maximum atomic E-state index is 10.9. The number of amides is 1. The monoisotopic (exact) mass is 235 g/mol. The quantitative estimate of drug-likeness (QED) is 0.460. The van der Waals surface area contributed by atoms with Gasteiger partial charge >= 0.3 is 0 Å². The fraction of sp³-hybridized carbons (Fsp3) is 0.182. The van der Waals surface area contributed by atoms with E-state index in [0.717, 1.165) is 6.07 Å². The zero-order valence-electron chi connectivity index (χ0n) is 9.34. The summed E-state index contributed by atoms with van der Waals surface area (Å²) in [5, 5.41) is 13.7. The highest BCUT2D eigenvalue weighted by Crippen LogP contribution is 2.26. The normalized spacial score (nSPS) is 11.6. The maximum absolute atomic E-state index is 10.9. The Labute approximate surface area is 98.3 Å². The molecule has 0 aromatic heterocycles. The number of carbonyl (C=O) groups is 1. The van der Waals surface area contributed by atoms with Crippen LogP contribution >= 0.6 is 0 Å². The van der Waals surface area contributed by atoms with Crippen LogP contribution in [0.25, 0.3) is 0 Å². The fourth-order valence-electron chi connectivity index (χ4n) is 1.26.